The van der Waals surface area contributed by atoms with Crippen LogP contribution in [0.25, 0.3) is 11.0 Å². The Morgan fingerprint density at radius 2 is 1.77 bits per heavy atom. The molecule has 134 valence electrons. The second kappa shape index (κ2) is 7.82. The third-order valence-electron chi connectivity index (χ3n) is 4.13. The molecule has 0 saturated carbocycles. The summed E-state index contributed by atoms with van der Waals surface area (Å²) in [6, 6.07) is 16.4. The number of benzene rings is 2. The summed E-state index contributed by atoms with van der Waals surface area (Å²) in [5.74, 6) is 0.155. The molecule has 0 aliphatic rings. The SMILES string of the molecule is CCn1c(NC(=O)CC(C)NC(=O)c2ccccc2)nc2ccccc21. The number of aryl methyl sites for hydroxylation is 1. The van der Waals surface area contributed by atoms with Crippen molar-refractivity contribution < 1.29 is 9.59 Å². The summed E-state index contributed by atoms with van der Waals surface area (Å²) in [5, 5.41) is 5.70. The van der Waals surface area contributed by atoms with Crippen molar-refractivity contribution in [2.75, 3.05) is 5.32 Å². The first kappa shape index (κ1) is 17.7. The number of nitrogens with one attached hydrogen (secondary N) is 2. The van der Waals surface area contributed by atoms with Crippen molar-refractivity contribution in [3.63, 3.8) is 0 Å². The zero-order valence-corrected chi connectivity index (χ0v) is 14.9. The van der Waals surface area contributed by atoms with Crippen LogP contribution < -0.4 is 10.6 Å². The lowest BCUT2D eigenvalue weighted by Gasteiger charge is -2.14. The Balaban J connectivity index is 1.63. The van der Waals surface area contributed by atoms with Crippen molar-refractivity contribution in [1.82, 2.24) is 14.9 Å². The molecule has 1 heterocycles. The fourth-order valence-corrected chi connectivity index (χ4v) is 2.89. The minimum atomic E-state index is -0.290. The van der Waals surface area contributed by atoms with Crippen LogP contribution in [-0.4, -0.2) is 27.4 Å². The van der Waals surface area contributed by atoms with Gasteiger partial charge in [0, 0.05) is 24.6 Å². The molecule has 2 amide bonds. The molecule has 0 radical (unpaired) electrons. The molecule has 6 heteroatoms. The van der Waals surface area contributed by atoms with Gasteiger partial charge in [-0.15, -0.1) is 0 Å². The van der Waals surface area contributed by atoms with E-state index in [1.807, 2.05) is 60.9 Å². The fourth-order valence-electron chi connectivity index (χ4n) is 2.89. The van der Waals surface area contributed by atoms with E-state index in [-0.39, 0.29) is 24.3 Å². The van der Waals surface area contributed by atoms with E-state index >= 15 is 0 Å². The first-order valence-corrected chi connectivity index (χ1v) is 8.69. The van der Waals surface area contributed by atoms with Crippen LogP contribution in [0.1, 0.15) is 30.6 Å². The van der Waals surface area contributed by atoms with E-state index in [2.05, 4.69) is 15.6 Å². The van der Waals surface area contributed by atoms with Crippen molar-refractivity contribution in [2.24, 2.45) is 0 Å². The number of aromatic nitrogens is 2. The lowest BCUT2D eigenvalue weighted by Crippen LogP contribution is -2.35. The zero-order valence-electron chi connectivity index (χ0n) is 14.9. The van der Waals surface area contributed by atoms with Gasteiger partial charge in [-0.3, -0.25) is 14.9 Å². The van der Waals surface area contributed by atoms with Gasteiger partial charge in [-0.25, -0.2) is 4.98 Å². The van der Waals surface area contributed by atoms with E-state index in [9.17, 15) is 9.59 Å². The quantitative estimate of drug-likeness (QED) is 0.717. The smallest absolute Gasteiger partial charge is 0.251 e. The summed E-state index contributed by atoms with van der Waals surface area (Å²) in [7, 11) is 0. The predicted octanol–water partition coefficient (Wildman–Crippen LogP) is 3.20. The van der Waals surface area contributed by atoms with Gasteiger partial charge < -0.3 is 9.88 Å². The third kappa shape index (κ3) is 3.91. The van der Waals surface area contributed by atoms with Crippen LogP contribution in [0.2, 0.25) is 0 Å². The standard InChI is InChI=1S/C20H22N4O2/c1-3-24-17-12-8-7-11-16(17)22-20(24)23-18(25)13-14(2)21-19(26)15-9-5-4-6-10-15/h4-12,14H,3,13H2,1-2H3,(H,21,26)(H,22,23,25). The van der Waals surface area contributed by atoms with Crippen LogP contribution in [0, 0.1) is 0 Å². The Morgan fingerprint density at radius 3 is 2.50 bits per heavy atom. The molecule has 1 unspecified atom stereocenters. The highest BCUT2D eigenvalue weighted by Gasteiger charge is 2.16. The van der Waals surface area contributed by atoms with Crippen LogP contribution in [-0.2, 0) is 11.3 Å². The number of hydrogen-bond acceptors (Lipinski definition) is 3. The van der Waals surface area contributed by atoms with Crippen molar-refractivity contribution in [3.05, 3.63) is 60.2 Å². The maximum atomic E-state index is 12.4. The van der Waals surface area contributed by atoms with E-state index in [1.165, 1.54) is 0 Å². The van der Waals surface area contributed by atoms with Gasteiger partial charge in [-0.05, 0) is 38.1 Å². The maximum absolute atomic E-state index is 12.4. The number of anilines is 1. The lowest BCUT2D eigenvalue weighted by atomic mass is 10.1. The topological polar surface area (TPSA) is 76.0 Å². The molecule has 0 spiro atoms. The van der Waals surface area contributed by atoms with Crippen molar-refractivity contribution in [3.8, 4) is 0 Å². The molecule has 1 atom stereocenters. The molecule has 0 aliphatic carbocycles. The molecular formula is C20H22N4O2. The highest BCUT2D eigenvalue weighted by Crippen LogP contribution is 2.19. The molecule has 0 fully saturated rings. The molecular weight excluding hydrogens is 328 g/mol. The first-order chi connectivity index (χ1) is 12.6. The minimum absolute atomic E-state index is 0.172. The third-order valence-corrected chi connectivity index (χ3v) is 4.13. The van der Waals surface area contributed by atoms with Crippen molar-refractivity contribution in [1.29, 1.82) is 0 Å². The van der Waals surface area contributed by atoms with Gasteiger partial charge in [0.25, 0.3) is 5.91 Å². The van der Waals surface area contributed by atoms with E-state index in [0.29, 0.717) is 18.1 Å². The summed E-state index contributed by atoms with van der Waals surface area (Å²) in [5.41, 5.74) is 2.40. The monoisotopic (exact) mass is 350 g/mol. The number of para-hydroxylation sites is 2. The van der Waals surface area contributed by atoms with Crippen LogP contribution in [0.4, 0.5) is 5.95 Å². The average Bonchev–Trinajstić information content (AvgIpc) is 2.98. The summed E-state index contributed by atoms with van der Waals surface area (Å²) in [6.07, 6.45) is 0.172. The molecule has 2 aromatic carbocycles. The molecule has 1 aromatic heterocycles. The second-order valence-electron chi connectivity index (χ2n) is 6.16. The molecule has 0 aliphatic heterocycles. The largest absolute Gasteiger partial charge is 0.349 e. The first-order valence-electron chi connectivity index (χ1n) is 8.69. The van der Waals surface area contributed by atoms with Crippen LogP contribution >= 0.6 is 0 Å². The summed E-state index contributed by atoms with van der Waals surface area (Å²) in [4.78, 5) is 29.0. The van der Waals surface area contributed by atoms with Gasteiger partial charge in [0.2, 0.25) is 11.9 Å². The predicted molar refractivity (Wildman–Crippen MR) is 102 cm³/mol. The van der Waals surface area contributed by atoms with Crippen LogP contribution in [0.15, 0.2) is 54.6 Å². The van der Waals surface area contributed by atoms with Crippen molar-refractivity contribution >= 4 is 28.8 Å². The Morgan fingerprint density at radius 1 is 1.08 bits per heavy atom. The molecule has 2 N–H and O–H groups in total. The number of nitrogens with zero attached hydrogens (tertiary/aromatic N) is 2. The Kier molecular flexibility index (Phi) is 5.31. The molecule has 3 aromatic rings. The molecule has 3 rings (SSSR count). The molecule has 26 heavy (non-hydrogen) atoms. The zero-order chi connectivity index (χ0) is 18.5. The van der Waals surface area contributed by atoms with Crippen molar-refractivity contribution in [2.45, 2.75) is 32.9 Å². The summed E-state index contributed by atoms with van der Waals surface area (Å²) in [6.45, 7) is 4.52. The number of amides is 2. The average molecular weight is 350 g/mol. The van der Waals surface area contributed by atoms with E-state index in [0.717, 1.165) is 11.0 Å². The summed E-state index contributed by atoms with van der Waals surface area (Å²) >= 11 is 0. The highest BCUT2D eigenvalue weighted by atomic mass is 16.2. The van der Waals surface area contributed by atoms with Gasteiger partial charge in [0.15, 0.2) is 0 Å². The van der Waals surface area contributed by atoms with Gasteiger partial charge in [0.1, 0.15) is 0 Å². The number of rotatable bonds is 6. The van der Waals surface area contributed by atoms with Gasteiger partial charge >= 0.3 is 0 Å². The Bertz CT molecular complexity index is 918. The minimum Gasteiger partial charge on any atom is -0.349 e. The number of hydrogen-bond donors (Lipinski definition) is 2. The highest BCUT2D eigenvalue weighted by molar-refractivity contribution is 5.95. The second-order valence-corrected chi connectivity index (χ2v) is 6.16. The van der Waals surface area contributed by atoms with E-state index in [1.54, 1.807) is 12.1 Å². The molecule has 0 bridgehead atoms. The molecule has 6 nitrogen and oxygen atoms in total. The number of imidazole rings is 1. The molecule has 0 saturated heterocycles. The number of carbonyl (C=O) groups is 2. The van der Waals surface area contributed by atoms with Crippen LogP contribution in [0.3, 0.4) is 0 Å². The fraction of sp³-hybridized carbons (Fsp3) is 0.250. The number of fused-ring (bicyclic) bond motifs is 1. The van der Waals surface area contributed by atoms with E-state index in [4.69, 9.17) is 0 Å². The van der Waals surface area contributed by atoms with Gasteiger partial charge in [-0.2, -0.15) is 0 Å². The maximum Gasteiger partial charge on any atom is 0.251 e. The Hall–Kier alpha value is -3.15. The lowest BCUT2D eigenvalue weighted by molar-refractivity contribution is -0.116. The number of carbonyl (C=O) groups excluding carboxylic acids is 2. The van der Waals surface area contributed by atoms with Gasteiger partial charge in [-0.1, -0.05) is 30.3 Å². The summed E-state index contributed by atoms with van der Waals surface area (Å²) < 4.78 is 1.96. The van der Waals surface area contributed by atoms with E-state index < -0.39 is 0 Å². The normalized spacial score (nSPS) is 11.9. The van der Waals surface area contributed by atoms with Gasteiger partial charge in [0.05, 0.1) is 11.0 Å². The van der Waals surface area contributed by atoms with Crippen LogP contribution in [0.5, 0.6) is 0 Å². The Labute approximate surface area is 152 Å².